The molecule has 1 fully saturated rings. The van der Waals surface area contributed by atoms with Crippen LogP contribution < -0.4 is 10.3 Å². The van der Waals surface area contributed by atoms with Crippen molar-refractivity contribution in [2.24, 2.45) is 0 Å². The van der Waals surface area contributed by atoms with Gasteiger partial charge in [0.1, 0.15) is 12.2 Å². The van der Waals surface area contributed by atoms with E-state index in [9.17, 15) is 14.0 Å². The second-order valence-corrected chi connectivity index (χ2v) is 6.57. The molecule has 0 radical (unpaired) electrons. The fourth-order valence-electron chi connectivity index (χ4n) is 3.12. The Kier molecular flexibility index (Phi) is 5.07. The van der Waals surface area contributed by atoms with E-state index in [0.29, 0.717) is 18.7 Å². The molecule has 2 aromatic heterocycles. The van der Waals surface area contributed by atoms with Crippen molar-refractivity contribution in [3.05, 3.63) is 46.5 Å². The molecule has 1 aliphatic heterocycles. The molecular weight excluding hydrogens is 381 g/mol. The Morgan fingerprint density at radius 1 is 1.24 bits per heavy atom. The summed E-state index contributed by atoms with van der Waals surface area (Å²) in [5, 5.41) is 8.01. The Hall–Kier alpha value is -3.56. The second-order valence-electron chi connectivity index (χ2n) is 6.57. The lowest BCUT2D eigenvalue weighted by Crippen LogP contribution is -2.35. The summed E-state index contributed by atoms with van der Waals surface area (Å²) in [5.41, 5.74) is 0.237. The number of methoxy groups -OCH3 is 1. The lowest BCUT2D eigenvalue weighted by atomic mass is 10.2. The SMILES string of the molecule is COc1ccc(-c2noc(-c3ccc(=O)n(CC(=O)N4CCCC4)n3)n2)cc1F. The van der Waals surface area contributed by atoms with E-state index in [1.165, 1.54) is 31.4 Å². The van der Waals surface area contributed by atoms with E-state index in [1.54, 1.807) is 11.0 Å². The van der Waals surface area contributed by atoms with Gasteiger partial charge in [-0.1, -0.05) is 5.16 Å². The molecule has 0 bridgehead atoms. The van der Waals surface area contributed by atoms with Crippen LogP contribution in [0.2, 0.25) is 0 Å². The maximum absolute atomic E-state index is 13.9. The van der Waals surface area contributed by atoms with Gasteiger partial charge in [-0.05, 0) is 37.1 Å². The first-order valence-corrected chi connectivity index (χ1v) is 9.09. The van der Waals surface area contributed by atoms with Gasteiger partial charge < -0.3 is 14.2 Å². The zero-order chi connectivity index (χ0) is 20.4. The van der Waals surface area contributed by atoms with Crippen LogP contribution in [0.25, 0.3) is 23.0 Å². The van der Waals surface area contributed by atoms with Crippen LogP contribution in [0.4, 0.5) is 4.39 Å². The molecule has 0 saturated carbocycles. The number of halogens is 1. The lowest BCUT2D eigenvalue weighted by molar-refractivity contribution is -0.131. The van der Waals surface area contributed by atoms with Crippen molar-refractivity contribution < 1.29 is 18.4 Å². The quantitative estimate of drug-likeness (QED) is 0.644. The maximum atomic E-state index is 13.9. The monoisotopic (exact) mass is 399 g/mol. The van der Waals surface area contributed by atoms with Crippen molar-refractivity contribution in [2.75, 3.05) is 20.2 Å². The van der Waals surface area contributed by atoms with Crippen molar-refractivity contribution in [1.29, 1.82) is 0 Å². The van der Waals surface area contributed by atoms with E-state index >= 15 is 0 Å². The molecule has 9 nitrogen and oxygen atoms in total. The van der Waals surface area contributed by atoms with Crippen molar-refractivity contribution >= 4 is 5.91 Å². The predicted octanol–water partition coefficient (Wildman–Crippen LogP) is 1.73. The Bertz CT molecular complexity index is 1100. The number of amides is 1. The van der Waals surface area contributed by atoms with Crippen LogP contribution in [0, 0.1) is 5.82 Å². The summed E-state index contributed by atoms with van der Waals surface area (Å²) in [6, 6.07) is 7.01. The number of hydrogen-bond donors (Lipinski definition) is 0. The standard InChI is InChI=1S/C19H18FN5O4/c1-28-15-6-4-12(10-13(15)20)18-21-19(29-23-18)14-5-7-16(26)25(22-14)11-17(27)24-8-2-3-9-24/h4-7,10H,2-3,8-9,11H2,1H3. The van der Waals surface area contributed by atoms with E-state index < -0.39 is 11.4 Å². The number of nitrogens with zero attached hydrogens (tertiary/aromatic N) is 5. The third-order valence-corrected chi connectivity index (χ3v) is 4.67. The Morgan fingerprint density at radius 3 is 2.76 bits per heavy atom. The first kappa shape index (κ1) is 18.8. The van der Waals surface area contributed by atoms with Gasteiger partial charge in [-0.3, -0.25) is 9.59 Å². The van der Waals surface area contributed by atoms with E-state index in [-0.39, 0.29) is 35.6 Å². The molecule has 4 rings (SSSR count). The number of ether oxygens (including phenoxy) is 1. The van der Waals surface area contributed by atoms with Gasteiger partial charge in [-0.25, -0.2) is 9.07 Å². The molecule has 1 aliphatic rings. The molecule has 3 heterocycles. The van der Waals surface area contributed by atoms with Crippen LogP contribution in [0.1, 0.15) is 12.8 Å². The molecule has 1 amide bonds. The van der Waals surface area contributed by atoms with E-state index in [2.05, 4.69) is 15.2 Å². The van der Waals surface area contributed by atoms with Gasteiger partial charge in [-0.15, -0.1) is 0 Å². The molecule has 0 aliphatic carbocycles. The van der Waals surface area contributed by atoms with E-state index in [0.717, 1.165) is 17.5 Å². The minimum Gasteiger partial charge on any atom is -0.494 e. The van der Waals surface area contributed by atoms with Gasteiger partial charge in [0.2, 0.25) is 11.7 Å². The molecular formula is C19H18FN5O4. The van der Waals surface area contributed by atoms with Crippen LogP contribution in [-0.2, 0) is 11.3 Å². The molecule has 29 heavy (non-hydrogen) atoms. The summed E-state index contributed by atoms with van der Waals surface area (Å²) < 4.78 is 25.1. The largest absolute Gasteiger partial charge is 0.494 e. The Labute approximate surface area is 164 Å². The second kappa shape index (κ2) is 7.82. The molecule has 0 unspecified atom stereocenters. The number of aromatic nitrogens is 4. The summed E-state index contributed by atoms with van der Waals surface area (Å²) in [4.78, 5) is 30.3. The highest BCUT2D eigenvalue weighted by Gasteiger charge is 2.20. The topological polar surface area (TPSA) is 103 Å². The van der Waals surface area contributed by atoms with Crippen LogP contribution in [0.3, 0.4) is 0 Å². The summed E-state index contributed by atoms with van der Waals surface area (Å²) in [7, 11) is 1.37. The zero-order valence-corrected chi connectivity index (χ0v) is 15.7. The fourth-order valence-corrected chi connectivity index (χ4v) is 3.12. The average molecular weight is 399 g/mol. The van der Waals surface area contributed by atoms with Gasteiger partial charge in [0.25, 0.3) is 11.4 Å². The summed E-state index contributed by atoms with van der Waals surface area (Å²) in [6.45, 7) is 1.23. The number of hydrogen-bond acceptors (Lipinski definition) is 7. The van der Waals surface area contributed by atoms with Gasteiger partial charge in [0.05, 0.1) is 7.11 Å². The third kappa shape index (κ3) is 3.86. The van der Waals surface area contributed by atoms with Crippen LogP contribution >= 0.6 is 0 Å². The van der Waals surface area contributed by atoms with Gasteiger partial charge in [0, 0.05) is 24.7 Å². The normalized spacial score (nSPS) is 13.7. The van der Waals surface area contributed by atoms with Gasteiger partial charge in [-0.2, -0.15) is 10.1 Å². The van der Waals surface area contributed by atoms with Crippen LogP contribution in [-0.4, -0.2) is 50.9 Å². The average Bonchev–Trinajstić information content (AvgIpc) is 3.42. The van der Waals surface area contributed by atoms with E-state index in [1.807, 2.05) is 0 Å². The predicted molar refractivity (Wildman–Crippen MR) is 99.5 cm³/mol. The van der Waals surface area contributed by atoms with Crippen molar-refractivity contribution in [3.8, 4) is 28.7 Å². The molecule has 150 valence electrons. The summed E-state index contributed by atoms with van der Waals surface area (Å²) in [5.74, 6) is -0.389. The molecule has 3 aromatic rings. The number of likely N-dealkylation sites (tertiary alicyclic amines) is 1. The zero-order valence-electron chi connectivity index (χ0n) is 15.7. The Balaban J connectivity index is 1.58. The minimum atomic E-state index is -0.552. The highest BCUT2D eigenvalue weighted by molar-refractivity contribution is 5.76. The molecule has 0 atom stereocenters. The molecule has 0 N–H and O–H groups in total. The van der Waals surface area contributed by atoms with Crippen LogP contribution in [0.5, 0.6) is 5.75 Å². The first-order valence-electron chi connectivity index (χ1n) is 9.09. The van der Waals surface area contributed by atoms with E-state index in [4.69, 9.17) is 9.26 Å². The number of carbonyl (C=O) groups excluding carboxylic acids is 1. The minimum absolute atomic E-state index is 0.0543. The summed E-state index contributed by atoms with van der Waals surface area (Å²) >= 11 is 0. The van der Waals surface area contributed by atoms with Crippen molar-refractivity contribution in [3.63, 3.8) is 0 Å². The van der Waals surface area contributed by atoms with Crippen molar-refractivity contribution in [1.82, 2.24) is 24.8 Å². The van der Waals surface area contributed by atoms with Gasteiger partial charge in [0.15, 0.2) is 11.6 Å². The third-order valence-electron chi connectivity index (χ3n) is 4.67. The van der Waals surface area contributed by atoms with Crippen molar-refractivity contribution in [2.45, 2.75) is 19.4 Å². The van der Waals surface area contributed by atoms with Gasteiger partial charge >= 0.3 is 0 Å². The maximum Gasteiger partial charge on any atom is 0.278 e. The highest BCUT2D eigenvalue weighted by atomic mass is 19.1. The molecule has 1 aromatic carbocycles. The number of benzene rings is 1. The highest BCUT2D eigenvalue weighted by Crippen LogP contribution is 2.25. The first-order chi connectivity index (χ1) is 14.0. The molecule has 0 spiro atoms. The Morgan fingerprint density at radius 2 is 2.03 bits per heavy atom. The smallest absolute Gasteiger partial charge is 0.278 e. The number of carbonyl (C=O) groups is 1. The lowest BCUT2D eigenvalue weighted by Gasteiger charge is -2.15. The molecule has 10 heteroatoms. The molecule has 1 saturated heterocycles. The summed E-state index contributed by atoms with van der Waals surface area (Å²) in [6.07, 6.45) is 1.93. The van der Waals surface area contributed by atoms with Crippen LogP contribution in [0.15, 0.2) is 39.6 Å². The fraction of sp³-hybridized carbons (Fsp3) is 0.316. The number of rotatable bonds is 5.